The Labute approximate surface area is 163 Å². The van der Waals surface area contributed by atoms with Gasteiger partial charge in [-0.1, -0.05) is 30.7 Å². The zero-order chi connectivity index (χ0) is 19.1. The minimum atomic E-state index is -0.642. The van der Waals surface area contributed by atoms with Crippen LogP contribution in [0.3, 0.4) is 0 Å². The SMILES string of the molecule is O=C(CSc1ccc(F)cc1F)NCc1ccc(CN2CCCCC2)cc1. The molecule has 0 aliphatic carbocycles. The molecule has 0 bridgehead atoms. The summed E-state index contributed by atoms with van der Waals surface area (Å²) in [5.74, 6) is -1.35. The van der Waals surface area contributed by atoms with E-state index in [4.69, 9.17) is 0 Å². The smallest absolute Gasteiger partial charge is 0.230 e. The van der Waals surface area contributed by atoms with Crippen LogP contribution in [-0.4, -0.2) is 29.6 Å². The fourth-order valence-corrected chi connectivity index (χ4v) is 3.88. The van der Waals surface area contributed by atoms with Crippen molar-refractivity contribution >= 4 is 17.7 Å². The fourth-order valence-electron chi connectivity index (χ4n) is 3.13. The van der Waals surface area contributed by atoms with Crippen molar-refractivity contribution in [3.8, 4) is 0 Å². The second kappa shape index (κ2) is 9.85. The summed E-state index contributed by atoms with van der Waals surface area (Å²) in [5, 5.41) is 2.83. The zero-order valence-electron chi connectivity index (χ0n) is 15.2. The largest absolute Gasteiger partial charge is 0.351 e. The minimum absolute atomic E-state index is 0.0929. The maximum atomic E-state index is 13.6. The lowest BCUT2D eigenvalue weighted by Gasteiger charge is -2.26. The van der Waals surface area contributed by atoms with E-state index in [2.05, 4.69) is 22.3 Å². The average Bonchev–Trinajstić information content (AvgIpc) is 2.67. The molecule has 2 aromatic carbocycles. The second-order valence-corrected chi connectivity index (χ2v) is 7.81. The first-order valence-corrected chi connectivity index (χ1v) is 10.2. The van der Waals surface area contributed by atoms with E-state index >= 15 is 0 Å². The van der Waals surface area contributed by atoms with Gasteiger partial charge in [0.05, 0.1) is 5.75 Å². The molecule has 6 heteroatoms. The summed E-state index contributed by atoms with van der Waals surface area (Å²) in [6.07, 6.45) is 3.90. The number of carbonyl (C=O) groups is 1. The van der Waals surface area contributed by atoms with Gasteiger partial charge in [-0.2, -0.15) is 0 Å². The van der Waals surface area contributed by atoms with Crippen molar-refractivity contribution in [3.63, 3.8) is 0 Å². The molecule has 2 aromatic rings. The average molecular weight is 390 g/mol. The third-order valence-electron chi connectivity index (χ3n) is 4.62. The first-order chi connectivity index (χ1) is 13.1. The molecule has 1 saturated heterocycles. The third-order valence-corrected chi connectivity index (χ3v) is 5.67. The molecule has 0 saturated carbocycles. The highest BCUT2D eigenvalue weighted by Crippen LogP contribution is 2.22. The first kappa shape index (κ1) is 19.8. The van der Waals surface area contributed by atoms with Gasteiger partial charge in [0.1, 0.15) is 11.6 Å². The summed E-state index contributed by atoms with van der Waals surface area (Å²) in [7, 11) is 0. The number of likely N-dealkylation sites (tertiary alicyclic amines) is 1. The topological polar surface area (TPSA) is 32.3 Å². The van der Waals surface area contributed by atoms with Gasteiger partial charge in [-0.05, 0) is 49.2 Å². The molecule has 1 heterocycles. The summed E-state index contributed by atoms with van der Waals surface area (Å²) in [4.78, 5) is 14.7. The highest BCUT2D eigenvalue weighted by Gasteiger charge is 2.11. The van der Waals surface area contributed by atoms with Crippen LogP contribution in [0.1, 0.15) is 30.4 Å². The minimum Gasteiger partial charge on any atom is -0.351 e. The molecule has 1 amide bonds. The number of piperidine rings is 1. The molecule has 1 aliphatic rings. The number of hydrogen-bond acceptors (Lipinski definition) is 3. The number of thioether (sulfide) groups is 1. The van der Waals surface area contributed by atoms with Crippen LogP contribution in [0.15, 0.2) is 47.4 Å². The monoisotopic (exact) mass is 390 g/mol. The molecule has 0 atom stereocenters. The molecular weight excluding hydrogens is 366 g/mol. The molecule has 0 spiro atoms. The zero-order valence-corrected chi connectivity index (χ0v) is 16.0. The number of nitrogens with zero attached hydrogens (tertiary/aromatic N) is 1. The lowest BCUT2D eigenvalue weighted by atomic mass is 10.1. The van der Waals surface area contributed by atoms with Crippen LogP contribution in [0.4, 0.5) is 8.78 Å². The molecule has 1 fully saturated rings. The highest BCUT2D eigenvalue weighted by atomic mass is 32.2. The Morgan fingerprint density at radius 1 is 1.00 bits per heavy atom. The number of benzene rings is 2. The number of hydrogen-bond donors (Lipinski definition) is 1. The van der Waals surface area contributed by atoms with Crippen molar-refractivity contribution in [3.05, 3.63) is 65.2 Å². The summed E-state index contributed by atoms with van der Waals surface area (Å²) in [6.45, 7) is 3.76. The van der Waals surface area contributed by atoms with Gasteiger partial charge in [-0.15, -0.1) is 11.8 Å². The Hall–Kier alpha value is -1.92. The molecule has 3 rings (SSSR count). The Kier molecular flexibility index (Phi) is 7.24. The van der Waals surface area contributed by atoms with Crippen LogP contribution in [0, 0.1) is 11.6 Å². The third kappa shape index (κ3) is 6.33. The Balaban J connectivity index is 1.41. The Morgan fingerprint density at radius 2 is 1.70 bits per heavy atom. The molecule has 1 aliphatic heterocycles. The van der Waals surface area contributed by atoms with Crippen LogP contribution in [0.5, 0.6) is 0 Å². The van der Waals surface area contributed by atoms with Gasteiger partial charge < -0.3 is 5.32 Å². The van der Waals surface area contributed by atoms with Crippen molar-refractivity contribution in [1.82, 2.24) is 10.2 Å². The van der Waals surface area contributed by atoms with Gasteiger partial charge in [0.15, 0.2) is 0 Å². The predicted molar refractivity (Wildman–Crippen MR) is 104 cm³/mol. The molecule has 3 nitrogen and oxygen atoms in total. The van der Waals surface area contributed by atoms with Crippen LogP contribution in [0.2, 0.25) is 0 Å². The van der Waals surface area contributed by atoms with Crippen LogP contribution in [0.25, 0.3) is 0 Å². The van der Waals surface area contributed by atoms with Gasteiger partial charge in [0.2, 0.25) is 5.91 Å². The molecule has 1 N–H and O–H groups in total. The first-order valence-electron chi connectivity index (χ1n) is 9.25. The van der Waals surface area contributed by atoms with Crippen molar-refractivity contribution in [2.75, 3.05) is 18.8 Å². The maximum absolute atomic E-state index is 13.6. The fraction of sp³-hybridized carbons (Fsp3) is 0.381. The normalized spacial score (nSPS) is 14.9. The maximum Gasteiger partial charge on any atom is 0.230 e. The number of amides is 1. The van der Waals surface area contributed by atoms with Crippen molar-refractivity contribution < 1.29 is 13.6 Å². The lowest BCUT2D eigenvalue weighted by Crippen LogP contribution is -2.29. The van der Waals surface area contributed by atoms with E-state index in [9.17, 15) is 13.6 Å². The molecule has 27 heavy (non-hydrogen) atoms. The molecule has 0 unspecified atom stereocenters. The van der Waals surface area contributed by atoms with Crippen LogP contribution in [-0.2, 0) is 17.9 Å². The van der Waals surface area contributed by atoms with Gasteiger partial charge in [-0.3, -0.25) is 9.69 Å². The van der Waals surface area contributed by atoms with Crippen molar-refractivity contribution in [2.24, 2.45) is 0 Å². The quantitative estimate of drug-likeness (QED) is 0.713. The summed E-state index contributed by atoms with van der Waals surface area (Å²) in [5.41, 5.74) is 2.32. The van der Waals surface area contributed by atoms with Gasteiger partial charge >= 0.3 is 0 Å². The van der Waals surface area contributed by atoms with E-state index in [1.807, 2.05) is 12.1 Å². The van der Waals surface area contributed by atoms with Crippen LogP contribution < -0.4 is 5.32 Å². The Morgan fingerprint density at radius 3 is 2.41 bits per heavy atom. The standard InChI is InChI=1S/C21H24F2N2OS/c22-18-8-9-20(19(23)12-18)27-15-21(26)24-13-16-4-6-17(7-5-16)14-25-10-2-1-3-11-25/h4-9,12H,1-3,10-11,13-15H2,(H,24,26). The van der Waals surface area contributed by atoms with Crippen molar-refractivity contribution in [1.29, 1.82) is 0 Å². The Bertz CT molecular complexity index is 761. The summed E-state index contributed by atoms with van der Waals surface area (Å²) in [6, 6.07) is 11.7. The number of rotatable bonds is 7. The van der Waals surface area contributed by atoms with E-state index in [1.165, 1.54) is 50.0 Å². The molecule has 0 radical (unpaired) electrons. The van der Waals surface area contributed by atoms with Gasteiger partial charge in [0.25, 0.3) is 0 Å². The number of carbonyl (C=O) groups excluding carboxylic acids is 1. The van der Waals surface area contributed by atoms with E-state index in [-0.39, 0.29) is 16.6 Å². The van der Waals surface area contributed by atoms with Gasteiger partial charge in [0, 0.05) is 24.1 Å². The van der Waals surface area contributed by atoms with E-state index < -0.39 is 11.6 Å². The molecule has 144 valence electrons. The number of nitrogens with one attached hydrogen (secondary N) is 1. The van der Waals surface area contributed by atoms with E-state index in [0.29, 0.717) is 6.54 Å². The molecule has 0 aromatic heterocycles. The van der Waals surface area contributed by atoms with E-state index in [1.54, 1.807) is 0 Å². The summed E-state index contributed by atoms with van der Waals surface area (Å²) >= 11 is 1.06. The predicted octanol–water partition coefficient (Wildman–Crippen LogP) is 4.36. The molecular formula is C21H24F2N2OS. The lowest BCUT2D eigenvalue weighted by molar-refractivity contribution is -0.118. The van der Waals surface area contributed by atoms with Crippen LogP contribution >= 0.6 is 11.8 Å². The summed E-state index contributed by atoms with van der Waals surface area (Å²) < 4.78 is 26.4. The van der Waals surface area contributed by atoms with Gasteiger partial charge in [-0.25, -0.2) is 8.78 Å². The van der Waals surface area contributed by atoms with E-state index in [0.717, 1.165) is 29.9 Å². The number of halogens is 2. The van der Waals surface area contributed by atoms with Crippen molar-refractivity contribution in [2.45, 2.75) is 37.2 Å². The second-order valence-electron chi connectivity index (χ2n) is 6.79. The highest BCUT2D eigenvalue weighted by molar-refractivity contribution is 8.00.